The summed E-state index contributed by atoms with van der Waals surface area (Å²) in [7, 11) is 0. The Bertz CT molecular complexity index is 473. The largest absolute Gasteiger partial charge is 0.486 e. The highest BCUT2D eigenvalue weighted by Gasteiger charge is 2.03. The molecule has 2 rings (SSSR count). The number of hydrogen-bond acceptors (Lipinski definition) is 5. The average Bonchev–Trinajstić information content (AvgIpc) is 2.77. The second-order valence-electron chi connectivity index (χ2n) is 3.29. The van der Waals surface area contributed by atoms with Gasteiger partial charge in [-0.1, -0.05) is 0 Å². The van der Waals surface area contributed by atoms with Crippen LogP contribution in [0.3, 0.4) is 0 Å². The van der Waals surface area contributed by atoms with Crippen LogP contribution < -0.4 is 10.6 Å². The van der Waals surface area contributed by atoms with E-state index < -0.39 is 0 Å². The summed E-state index contributed by atoms with van der Waals surface area (Å²) in [4.78, 5) is 8.73. The molecule has 6 heteroatoms. The molecule has 17 heavy (non-hydrogen) atoms. The van der Waals surface area contributed by atoms with Crippen molar-refractivity contribution in [2.75, 3.05) is 0 Å². The molecule has 0 fully saturated rings. The SMILES string of the molecule is NOCc1csc(COc2ccc(F)cc2)n1. The monoisotopic (exact) mass is 254 g/mol. The lowest BCUT2D eigenvalue weighted by Crippen LogP contribution is -2.00. The Morgan fingerprint density at radius 3 is 2.71 bits per heavy atom. The number of nitrogens with zero attached hydrogens (tertiary/aromatic N) is 1. The fraction of sp³-hybridized carbons (Fsp3) is 0.182. The van der Waals surface area contributed by atoms with Gasteiger partial charge in [-0.05, 0) is 24.3 Å². The predicted octanol–water partition coefficient (Wildman–Crippen LogP) is 2.25. The third kappa shape index (κ3) is 3.48. The molecule has 1 aromatic carbocycles. The van der Waals surface area contributed by atoms with Crippen molar-refractivity contribution in [3.63, 3.8) is 0 Å². The van der Waals surface area contributed by atoms with Crippen molar-refractivity contribution in [1.82, 2.24) is 4.98 Å². The first-order valence-corrected chi connectivity index (χ1v) is 5.79. The molecule has 0 aliphatic heterocycles. The molecule has 0 unspecified atom stereocenters. The first-order valence-electron chi connectivity index (χ1n) is 4.91. The smallest absolute Gasteiger partial charge is 0.140 e. The summed E-state index contributed by atoms with van der Waals surface area (Å²) < 4.78 is 18.1. The number of hydrogen-bond donors (Lipinski definition) is 1. The molecule has 0 saturated carbocycles. The van der Waals surface area contributed by atoms with Gasteiger partial charge >= 0.3 is 0 Å². The van der Waals surface area contributed by atoms with Crippen molar-refractivity contribution in [3.05, 3.63) is 46.2 Å². The van der Waals surface area contributed by atoms with Gasteiger partial charge in [0.05, 0.1) is 5.69 Å². The zero-order valence-corrected chi connectivity index (χ0v) is 9.74. The fourth-order valence-electron chi connectivity index (χ4n) is 1.24. The summed E-state index contributed by atoms with van der Waals surface area (Å²) in [6.45, 7) is 0.633. The zero-order chi connectivity index (χ0) is 12.1. The normalized spacial score (nSPS) is 10.5. The lowest BCUT2D eigenvalue weighted by molar-refractivity contribution is 0.121. The van der Waals surface area contributed by atoms with Crippen LogP contribution in [0.25, 0.3) is 0 Å². The van der Waals surface area contributed by atoms with Crippen LogP contribution in [-0.4, -0.2) is 4.98 Å². The summed E-state index contributed by atoms with van der Waals surface area (Å²) in [6.07, 6.45) is 0. The molecule has 0 radical (unpaired) electrons. The van der Waals surface area contributed by atoms with Crippen molar-refractivity contribution < 1.29 is 14.0 Å². The van der Waals surface area contributed by atoms with Crippen LogP contribution in [0, 0.1) is 5.82 Å². The summed E-state index contributed by atoms with van der Waals surface area (Å²) >= 11 is 1.47. The average molecular weight is 254 g/mol. The first-order chi connectivity index (χ1) is 8.28. The van der Waals surface area contributed by atoms with Crippen LogP contribution in [0.2, 0.25) is 0 Å². The molecule has 1 heterocycles. The van der Waals surface area contributed by atoms with Gasteiger partial charge in [0.1, 0.15) is 29.8 Å². The minimum absolute atomic E-state index is 0.283. The van der Waals surface area contributed by atoms with Crippen LogP contribution in [0.4, 0.5) is 4.39 Å². The summed E-state index contributed by atoms with van der Waals surface area (Å²) in [6, 6.07) is 5.86. The maximum absolute atomic E-state index is 12.6. The van der Waals surface area contributed by atoms with E-state index in [2.05, 4.69) is 9.82 Å². The van der Waals surface area contributed by atoms with E-state index in [-0.39, 0.29) is 12.4 Å². The zero-order valence-electron chi connectivity index (χ0n) is 8.93. The number of thiazole rings is 1. The number of rotatable bonds is 5. The number of aromatic nitrogens is 1. The molecule has 0 atom stereocenters. The van der Waals surface area contributed by atoms with E-state index in [1.165, 1.54) is 23.5 Å². The molecule has 90 valence electrons. The first kappa shape index (κ1) is 12.0. The molecule has 0 amide bonds. The van der Waals surface area contributed by atoms with Gasteiger partial charge < -0.3 is 4.74 Å². The molecule has 0 aliphatic rings. The standard InChI is InChI=1S/C11H11FN2O2S/c12-8-1-3-10(4-2-8)15-6-11-14-9(5-16-13)7-17-11/h1-4,7H,5-6,13H2. The summed E-state index contributed by atoms with van der Waals surface area (Å²) in [5.74, 6) is 5.27. The third-order valence-electron chi connectivity index (χ3n) is 2.01. The fourth-order valence-corrected chi connectivity index (χ4v) is 1.93. The summed E-state index contributed by atoms with van der Waals surface area (Å²) in [5, 5.41) is 2.68. The van der Waals surface area contributed by atoms with Gasteiger partial charge in [0.15, 0.2) is 0 Å². The van der Waals surface area contributed by atoms with Crippen LogP contribution >= 0.6 is 11.3 Å². The topological polar surface area (TPSA) is 57.4 Å². The molecular weight excluding hydrogens is 243 g/mol. The number of halogens is 1. The Labute approximate surface area is 102 Å². The second-order valence-corrected chi connectivity index (χ2v) is 4.23. The van der Waals surface area contributed by atoms with Gasteiger partial charge in [0.25, 0.3) is 0 Å². The van der Waals surface area contributed by atoms with Crippen LogP contribution in [0.15, 0.2) is 29.6 Å². The minimum atomic E-state index is -0.283. The third-order valence-corrected chi connectivity index (χ3v) is 2.88. The highest BCUT2D eigenvalue weighted by atomic mass is 32.1. The van der Waals surface area contributed by atoms with Crippen molar-refractivity contribution in [1.29, 1.82) is 0 Å². The van der Waals surface area contributed by atoms with Crippen molar-refractivity contribution >= 4 is 11.3 Å². The Balaban J connectivity index is 1.90. The number of benzene rings is 1. The van der Waals surface area contributed by atoms with Gasteiger partial charge in [0.2, 0.25) is 0 Å². The quantitative estimate of drug-likeness (QED) is 0.831. The Morgan fingerprint density at radius 2 is 2.00 bits per heavy atom. The van der Waals surface area contributed by atoms with Gasteiger partial charge in [-0.3, -0.25) is 4.84 Å². The van der Waals surface area contributed by atoms with Crippen molar-refractivity contribution in [3.8, 4) is 5.75 Å². The molecule has 2 N–H and O–H groups in total. The van der Waals surface area contributed by atoms with E-state index >= 15 is 0 Å². The van der Waals surface area contributed by atoms with E-state index in [1.807, 2.05) is 5.38 Å². The van der Waals surface area contributed by atoms with E-state index in [9.17, 15) is 4.39 Å². The lowest BCUT2D eigenvalue weighted by atomic mass is 10.3. The van der Waals surface area contributed by atoms with Gasteiger partial charge in [-0.2, -0.15) is 0 Å². The molecule has 4 nitrogen and oxygen atoms in total. The highest BCUT2D eigenvalue weighted by Crippen LogP contribution is 2.16. The van der Waals surface area contributed by atoms with Crippen molar-refractivity contribution in [2.24, 2.45) is 5.90 Å². The predicted molar refractivity (Wildman–Crippen MR) is 61.8 cm³/mol. The molecule has 0 saturated heterocycles. The maximum atomic E-state index is 12.6. The minimum Gasteiger partial charge on any atom is -0.486 e. The molecule has 0 bridgehead atoms. The number of ether oxygens (including phenoxy) is 1. The Morgan fingerprint density at radius 1 is 1.24 bits per heavy atom. The summed E-state index contributed by atoms with van der Waals surface area (Å²) in [5.41, 5.74) is 0.773. The molecule has 1 aromatic heterocycles. The molecule has 0 aliphatic carbocycles. The van der Waals surface area contributed by atoms with E-state index in [0.717, 1.165) is 10.7 Å². The van der Waals surface area contributed by atoms with Crippen LogP contribution in [0.1, 0.15) is 10.7 Å². The van der Waals surface area contributed by atoms with Gasteiger partial charge in [0, 0.05) is 5.38 Å². The van der Waals surface area contributed by atoms with Crippen LogP contribution in [-0.2, 0) is 18.1 Å². The van der Waals surface area contributed by atoms with E-state index in [1.54, 1.807) is 12.1 Å². The van der Waals surface area contributed by atoms with Gasteiger partial charge in [-0.25, -0.2) is 15.3 Å². The second kappa shape index (κ2) is 5.72. The maximum Gasteiger partial charge on any atom is 0.140 e. The van der Waals surface area contributed by atoms with Crippen molar-refractivity contribution in [2.45, 2.75) is 13.2 Å². The highest BCUT2D eigenvalue weighted by molar-refractivity contribution is 7.09. The van der Waals surface area contributed by atoms with E-state index in [0.29, 0.717) is 12.4 Å². The lowest BCUT2D eigenvalue weighted by Gasteiger charge is -2.03. The number of nitrogens with two attached hydrogens (primary N) is 1. The molecular formula is C11H11FN2O2S. The molecule has 2 aromatic rings. The molecule has 0 spiro atoms. The van der Waals surface area contributed by atoms with E-state index in [4.69, 9.17) is 10.6 Å². The van der Waals surface area contributed by atoms with Gasteiger partial charge in [-0.15, -0.1) is 11.3 Å². The van der Waals surface area contributed by atoms with Crippen LogP contribution in [0.5, 0.6) is 5.75 Å². The Hall–Kier alpha value is -1.50. The Kier molecular flexibility index (Phi) is 4.03.